The van der Waals surface area contributed by atoms with Gasteiger partial charge in [0.1, 0.15) is 5.76 Å². The lowest BCUT2D eigenvalue weighted by atomic mass is 9.93. The molecule has 0 saturated carbocycles. The predicted molar refractivity (Wildman–Crippen MR) is 121 cm³/mol. The number of aryl methyl sites for hydroxylation is 3. The van der Waals surface area contributed by atoms with E-state index in [0.717, 1.165) is 46.7 Å². The van der Waals surface area contributed by atoms with Gasteiger partial charge in [-0.05, 0) is 69.0 Å². The minimum Gasteiger partial charge on any atom is -0.455 e. The quantitative estimate of drug-likeness (QED) is 0.593. The molecular weight excluding hydrogens is 390 g/mol. The van der Waals surface area contributed by atoms with Crippen molar-refractivity contribution >= 4 is 23.2 Å². The van der Waals surface area contributed by atoms with Crippen LogP contribution in [0.25, 0.3) is 0 Å². The van der Waals surface area contributed by atoms with Crippen LogP contribution in [0, 0.1) is 20.8 Å². The van der Waals surface area contributed by atoms with Gasteiger partial charge in [0, 0.05) is 28.8 Å². The highest BCUT2D eigenvalue weighted by Gasteiger charge is 2.28. The van der Waals surface area contributed by atoms with Crippen molar-refractivity contribution in [2.75, 3.05) is 5.32 Å². The number of nitrogens with one attached hydrogen (secondary N) is 2. The first-order valence-corrected chi connectivity index (χ1v) is 10.4. The lowest BCUT2D eigenvalue weighted by molar-refractivity contribution is 0.0953. The van der Waals surface area contributed by atoms with Gasteiger partial charge < -0.3 is 9.73 Å². The first-order valence-electron chi connectivity index (χ1n) is 10.4. The molecule has 3 aromatic rings. The van der Waals surface area contributed by atoms with Crippen LogP contribution in [0.15, 0.2) is 58.0 Å². The van der Waals surface area contributed by atoms with E-state index >= 15 is 0 Å². The van der Waals surface area contributed by atoms with E-state index in [0.29, 0.717) is 12.0 Å². The minimum atomic E-state index is -0.289. The van der Waals surface area contributed by atoms with Crippen LogP contribution >= 0.6 is 0 Å². The Kier molecular flexibility index (Phi) is 5.71. The molecule has 6 nitrogen and oxygen atoms in total. The highest BCUT2D eigenvalue weighted by Crippen LogP contribution is 2.30. The van der Waals surface area contributed by atoms with Gasteiger partial charge in [0.05, 0.1) is 5.71 Å². The predicted octanol–water partition coefficient (Wildman–Crippen LogP) is 4.93. The normalized spacial score (nSPS) is 14.2. The molecule has 2 amide bonds. The van der Waals surface area contributed by atoms with Crippen molar-refractivity contribution in [3.05, 3.63) is 87.9 Å². The standard InChI is InChI=1S/C25H25N3O3/c1-15-12-13-19(14-16(15)2)26-25(30)23-17(3)22-20(10-7-11-21(22)31-23)27-28-24(29)18-8-5-4-6-9-18/h4-6,8-9,12-14H,7,10-11H2,1-3H3,(H,26,30)(H,28,29)/b27-20+. The summed E-state index contributed by atoms with van der Waals surface area (Å²) in [7, 11) is 0. The van der Waals surface area contributed by atoms with Gasteiger partial charge in [-0.2, -0.15) is 5.10 Å². The Morgan fingerprint density at radius 1 is 0.935 bits per heavy atom. The lowest BCUT2D eigenvalue weighted by Gasteiger charge is -2.13. The van der Waals surface area contributed by atoms with Crippen LogP contribution in [-0.2, 0) is 6.42 Å². The summed E-state index contributed by atoms with van der Waals surface area (Å²) in [5, 5.41) is 7.29. The minimum absolute atomic E-state index is 0.269. The van der Waals surface area contributed by atoms with Gasteiger partial charge in [0.25, 0.3) is 11.8 Å². The Morgan fingerprint density at radius 3 is 2.45 bits per heavy atom. The zero-order chi connectivity index (χ0) is 22.0. The third-order valence-corrected chi connectivity index (χ3v) is 5.63. The number of hydrogen-bond donors (Lipinski definition) is 2. The maximum atomic E-state index is 12.9. The molecular formula is C25H25N3O3. The van der Waals surface area contributed by atoms with Crippen molar-refractivity contribution in [2.24, 2.45) is 5.10 Å². The number of fused-ring (bicyclic) bond motifs is 1. The molecule has 2 N–H and O–H groups in total. The van der Waals surface area contributed by atoms with E-state index in [1.165, 1.54) is 5.56 Å². The molecule has 1 aliphatic carbocycles. The number of carbonyl (C=O) groups excluding carboxylic acids is 2. The van der Waals surface area contributed by atoms with E-state index in [1.807, 2.05) is 45.0 Å². The molecule has 0 bridgehead atoms. The van der Waals surface area contributed by atoms with E-state index in [1.54, 1.807) is 24.3 Å². The van der Waals surface area contributed by atoms with Gasteiger partial charge in [0.15, 0.2) is 5.76 Å². The van der Waals surface area contributed by atoms with E-state index in [2.05, 4.69) is 15.8 Å². The Hall–Kier alpha value is -3.67. The van der Waals surface area contributed by atoms with Crippen LogP contribution in [0.5, 0.6) is 0 Å². The number of furan rings is 1. The summed E-state index contributed by atoms with van der Waals surface area (Å²) in [6.45, 7) is 5.90. The van der Waals surface area contributed by atoms with Crippen LogP contribution in [0.1, 0.15) is 61.8 Å². The van der Waals surface area contributed by atoms with Crippen molar-refractivity contribution in [1.29, 1.82) is 0 Å². The fourth-order valence-electron chi connectivity index (χ4n) is 3.78. The van der Waals surface area contributed by atoms with Crippen molar-refractivity contribution in [3.8, 4) is 0 Å². The number of hydrogen-bond acceptors (Lipinski definition) is 4. The first-order chi connectivity index (χ1) is 14.9. The fraction of sp³-hybridized carbons (Fsp3) is 0.240. The molecule has 0 atom stereocenters. The summed E-state index contributed by atoms with van der Waals surface area (Å²) in [5.74, 6) is 0.464. The number of hydrazone groups is 1. The topological polar surface area (TPSA) is 83.7 Å². The third kappa shape index (κ3) is 4.28. The van der Waals surface area contributed by atoms with Crippen LogP contribution < -0.4 is 10.7 Å². The smallest absolute Gasteiger partial charge is 0.291 e. The third-order valence-electron chi connectivity index (χ3n) is 5.63. The Bertz CT molecular complexity index is 1180. The van der Waals surface area contributed by atoms with Gasteiger partial charge in [0.2, 0.25) is 0 Å². The summed E-state index contributed by atoms with van der Waals surface area (Å²) >= 11 is 0. The molecule has 0 radical (unpaired) electrons. The number of carbonyl (C=O) groups is 2. The van der Waals surface area contributed by atoms with Crippen LogP contribution in [-0.4, -0.2) is 17.5 Å². The summed E-state index contributed by atoms with van der Waals surface area (Å²) < 4.78 is 5.94. The molecule has 158 valence electrons. The van der Waals surface area contributed by atoms with Crippen LogP contribution in [0.4, 0.5) is 5.69 Å². The van der Waals surface area contributed by atoms with E-state index in [9.17, 15) is 9.59 Å². The second-order valence-electron chi connectivity index (χ2n) is 7.83. The molecule has 0 saturated heterocycles. The summed E-state index contributed by atoms with van der Waals surface area (Å²) in [6, 6.07) is 14.7. The largest absolute Gasteiger partial charge is 0.455 e. The van der Waals surface area contributed by atoms with Gasteiger partial charge in [-0.15, -0.1) is 0 Å². The van der Waals surface area contributed by atoms with Crippen molar-refractivity contribution < 1.29 is 14.0 Å². The monoisotopic (exact) mass is 415 g/mol. The maximum absolute atomic E-state index is 12.9. The molecule has 0 fully saturated rings. The van der Waals surface area contributed by atoms with Gasteiger partial charge in [-0.25, -0.2) is 5.43 Å². The fourth-order valence-corrected chi connectivity index (χ4v) is 3.78. The van der Waals surface area contributed by atoms with Gasteiger partial charge >= 0.3 is 0 Å². The summed E-state index contributed by atoms with van der Waals surface area (Å²) in [5.41, 5.74) is 8.48. The second-order valence-corrected chi connectivity index (χ2v) is 7.83. The molecule has 0 spiro atoms. The highest BCUT2D eigenvalue weighted by atomic mass is 16.4. The average molecular weight is 415 g/mol. The van der Waals surface area contributed by atoms with E-state index < -0.39 is 0 Å². The molecule has 1 aromatic heterocycles. The molecule has 2 aromatic carbocycles. The maximum Gasteiger partial charge on any atom is 0.291 e. The Balaban J connectivity index is 1.57. The van der Waals surface area contributed by atoms with E-state index in [-0.39, 0.29) is 17.6 Å². The van der Waals surface area contributed by atoms with Gasteiger partial charge in [-0.3, -0.25) is 9.59 Å². The number of amides is 2. The van der Waals surface area contributed by atoms with Crippen LogP contribution in [0.3, 0.4) is 0 Å². The molecule has 1 aliphatic rings. The first kappa shape index (κ1) is 20.6. The number of rotatable bonds is 4. The van der Waals surface area contributed by atoms with Crippen molar-refractivity contribution in [3.63, 3.8) is 0 Å². The Morgan fingerprint density at radius 2 is 1.71 bits per heavy atom. The molecule has 6 heteroatoms. The zero-order valence-electron chi connectivity index (χ0n) is 17.9. The number of nitrogens with zero attached hydrogens (tertiary/aromatic N) is 1. The highest BCUT2D eigenvalue weighted by molar-refractivity contribution is 6.09. The molecule has 1 heterocycles. The van der Waals surface area contributed by atoms with Crippen molar-refractivity contribution in [1.82, 2.24) is 5.43 Å². The molecule has 31 heavy (non-hydrogen) atoms. The van der Waals surface area contributed by atoms with Crippen molar-refractivity contribution in [2.45, 2.75) is 40.0 Å². The van der Waals surface area contributed by atoms with E-state index in [4.69, 9.17) is 4.42 Å². The van der Waals surface area contributed by atoms with Crippen LogP contribution in [0.2, 0.25) is 0 Å². The zero-order valence-corrected chi connectivity index (χ0v) is 17.9. The molecule has 4 rings (SSSR count). The SMILES string of the molecule is Cc1ccc(NC(=O)c2oc3c(c2C)/C(=N/NC(=O)c2ccccc2)CCC3)cc1C. The summed E-state index contributed by atoms with van der Waals surface area (Å²) in [4.78, 5) is 25.2. The molecule has 0 unspecified atom stereocenters. The molecule has 0 aliphatic heterocycles. The summed E-state index contributed by atoms with van der Waals surface area (Å²) in [6.07, 6.45) is 2.29. The number of benzene rings is 2. The number of anilines is 1. The second kappa shape index (κ2) is 8.60. The Labute approximate surface area is 181 Å². The van der Waals surface area contributed by atoms with Gasteiger partial charge in [-0.1, -0.05) is 24.3 Å². The average Bonchev–Trinajstić information content (AvgIpc) is 3.12. The lowest BCUT2D eigenvalue weighted by Crippen LogP contribution is -2.22.